The predicted octanol–water partition coefficient (Wildman–Crippen LogP) is 6.78. The maximum absolute atomic E-state index is 6.48. The van der Waals surface area contributed by atoms with E-state index in [4.69, 9.17) is 34.8 Å². The van der Waals surface area contributed by atoms with Gasteiger partial charge in [-0.05, 0) is 60.2 Å². The molecular weight excluding hydrogens is 349 g/mol. The van der Waals surface area contributed by atoms with Gasteiger partial charge in [-0.1, -0.05) is 53.0 Å². The first kappa shape index (κ1) is 15.4. The molecule has 0 bridgehead atoms. The highest BCUT2D eigenvalue weighted by Crippen LogP contribution is 2.52. The van der Waals surface area contributed by atoms with Gasteiger partial charge in [0.1, 0.15) is 0 Å². The quantitative estimate of drug-likeness (QED) is 0.550. The normalized spacial score (nSPS) is 25.0. The van der Waals surface area contributed by atoms with Crippen LogP contribution in [-0.2, 0) is 0 Å². The molecule has 1 aliphatic carbocycles. The third-order valence-electron chi connectivity index (χ3n) is 4.93. The highest BCUT2D eigenvalue weighted by Gasteiger charge is 2.39. The number of rotatable bonds is 1. The van der Waals surface area contributed by atoms with Crippen molar-refractivity contribution in [3.05, 3.63) is 74.2 Å². The van der Waals surface area contributed by atoms with Crippen molar-refractivity contribution in [1.82, 2.24) is 0 Å². The van der Waals surface area contributed by atoms with Crippen molar-refractivity contribution in [1.29, 1.82) is 0 Å². The van der Waals surface area contributed by atoms with Crippen LogP contribution in [0.2, 0.25) is 15.1 Å². The number of halogens is 3. The number of hydrogen-bond donors (Lipinski definition) is 1. The van der Waals surface area contributed by atoms with Gasteiger partial charge in [-0.2, -0.15) is 0 Å². The molecule has 0 saturated heterocycles. The van der Waals surface area contributed by atoms with Crippen LogP contribution in [0, 0.1) is 12.8 Å². The highest BCUT2D eigenvalue weighted by atomic mass is 35.5. The van der Waals surface area contributed by atoms with Crippen molar-refractivity contribution < 1.29 is 0 Å². The molecule has 1 aliphatic heterocycles. The summed E-state index contributed by atoms with van der Waals surface area (Å²) in [5, 5.41) is 5.89. The van der Waals surface area contributed by atoms with E-state index in [1.54, 1.807) is 0 Å². The molecule has 0 spiro atoms. The van der Waals surface area contributed by atoms with Crippen LogP contribution in [0.5, 0.6) is 0 Å². The average Bonchev–Trinajstić information content (AvgIpc) is 2.97. The van der Waals surface area contributed by atoms with Gasteiger partial charge in [0.15, 0.2) is 0 Å². The second-order valence-electron chi connectivity index (χ2n) is 6.33. The lowest BCUT2D eigenvalue weighted by atomic mass is 9.76. The monoisotopic (exact) mass is 363 g/mol. The molecule has 118 valence electrons. The van der Waals surface area contributed by atoms with Gasteiger partial charge in [0.25, 0.3) is 0 Å². The van der Waals surface area contributed by atoms with E-state index in [-0.39, 0.29) is 6.04 Å². The van der Waals surface area contributed by atoms with E-state index in [1.165, 1.54) is 16.8 Å². The third-order valence-corrected chi connectivity index (χ3v) is 5.71. The van der Waals surface area contributed by atoms with Gasteiger partial charge >= 0.3 is 0 Å². The second kappa shape index (κ2) is 5.73. The third kappa shape index (κ3) is 2.55. The Balaban J connectivity index is 1.84. The van der Waals surface area contributed by atoms with Crippen molar-refractivity contribution >= 4 is 40.5 Å². The van der Waals surface area contributed by atoms with Gasteiger partial charge in [-0.3, -0.25) is 0 Å². The molecule has 2 aliphatic rings. The molecule has 4 heteroatoms. The Bertz CT molecular complexity index is 813. The summed E-state index contributed by atoms with van der Waals surface area (Å²) in [6.45, 7) is 2.09. The van der Waals surface area contributed by atoms with Crippen LogP contribution in [0.1, 0.15) is 35.1 Å². The minimum atomic E-state index is 0.173. The number of benzene rings is 2. The molecular formula is C19H16Cl3N. The summed E-state index contributed by atoms with van der Waals surface area (Å²) >= 11 is 18.8. The zero-order chi connectivity index (χ0) is 16.1. The van der Waals surface area contributed by atoms with E-state index >= 15 is 0 Å². The van der Waals surface area contributed by atoms with Crippen molar-refractivity contribution in [2.24, 2.45) is 5.92 Å². The number of fused-ring (bicyclic) bond motifs is 3. The molecule has 2 aromatic rings. The van der Waals surface area contributed by atoms with E-state index in [0.29, 0.717) is 16.9 Å². The topological polar surface area (TPSA) is 12.0 Å². The average molecular weight is 365 g/mol. The lowest BCUT2D eigenvalue weighted by molar-refractivity contribution is 0.425. The van der Waals surface area contributed by atoms with Crippen molar-refractivity contribution in [2.45, 2.75) is 25.3 Å². The number of allylic oxidation sites excluding steroid dienone is 2. The van der Waals surface area contributed by atoms with Crippen LogP contribution in [-0.4, -0.2) is 0 Å². The van der Waals surface area contributed by atoms with Gasteiger partial charge in [-0.15, -0.1) is 0 Å². The Kier molecular flexibility index (Phi) is 3.84. The van der Waals surface area contributed by atoms with E-state index in [2.05, 4.69) is 30.5 Å². The summed E-state index contributed by atoms with van der Waals surface area (Å²) in [6, 6.07) is 10.0. The van der Waals surface area contributed by atoms with Crippen LogP contribution in [0.15, 0.2) is 42.5 Å². The van der Waals surface area contributed by atoms with E-state index in [1.807, 2.05) is 24.3 Å². The molecule has 23 heavy (non-hydrogen) atoms. The fourth-order valence-corrected chi connectivity index (χ4v) is 4.71. The Morgan fingerprint density at radius 1 is 1.00 bits per heavy atom. The number of nitrogens with one attached hydrogen (secondary N) is 1. The predicted molar refractivity (Wildman–Crippen MR) is 99.0 cm³/mol. The van der Waals surface area contributed by atoms with Crippen molar-refractivity contribution in [3.8, 4) is 0 Å². The first-order chi connectivity index (χ1) is 11.0. The van der Waals surface area contributed by atoms with Gasteiger partial charge in [0.2, 0.25) is 0 Å². The summed E-state index contributed by atoms with van der Waals surface area (Å²) in [5.74, 6) is 0.819. The zero-order valence-corrected chi connectivity index (χ0v) is 14.9. The van der Waals surface area contributed by atoms with Crippen LogP contribution < -0.4 is 5.32 Å². The summed E-state index contributed by atoms with van der Waals surface area (Å²) in [4.78, 5) is 0. The minimum Gasteiger partial charge on any atom is -0.377 e. The van der Waals surface area contributed by atoms with Crippen molar-refractivity contribution in [2.75, 3.05) is 5.32 Å². The summed E-state index contributed by atoms with van der Waals surface area (Å²) < 4.78 is 0. The first-order valence-electron chi connectivity index (χ1n) is 7.73. The molecule has 0 saturated carbocycles. The number of hydrogen-bond acceptors (Lipinski definition) is 1. The minimum absolute atomic E-state index is 0.173. The van der Waals surface area contributed by atoms with Crippen LogP contribution in [0.3, 0.4) is 0 Å². The fraction of sp³-hybridized carbons (Fsp3) is 0.263. The van der Waals surface area contributed by atoms with Crippen LogP contribution in [0.4, 0.5) is 5.69 Å². The zero-order valence-electron chi connectivity index (χ0n) is 12.6. The summed E-state index contributed by atoms with van der Waals surface area (Å²) in [5.41, 5.74) is 4.74. The molecule has 2 aromatic carbocycles. The Labute approximate surface area is 151 Å². The Hall–Kier alpha value is -1.15. The highest BCUT2D eigenvalue weighted by molar-refractivity contribution is 6.35. The molecule has 0 fully saturated rings. The SMILES string of the molecule is Cc1cc(Cl)cc2c1N[C@H](c1ccc(Cl)cc1Cl)[C@H]1CC=C[C@@H]21. The van der Waals surface area contributed by atoms with Crippen LogP contribution in [0.25, 0.3) is 0 Å². The largest absolute Gasteiger partial charge is 0.377 e. The molecule has 3 atom stereocenters. The lowest BCUT2D eigenvalue weighted by Gasteiger charge is -2.38. The van der Waals surface area contributed by atoms with E-state index in [0.717, 1.165) is 22.0 Å². The molecule has 1 N–H and O–H groups in total. The molecule has 1 nitrogen and oxygen atoms in total. The molecule has 0 unspecified atom stereocenters. The lowest BCUT2D eigenvalue weighted by Crippen LogP contribution is -2.29. The fourth-order valence-electron chi connectivity index (χ4n) is 3.90. The Morgan fingerprint density at radius 2 is 1.83 bits per heavy atom. The molecule has 0 aromatic heterocycles. The van der Waals surface area contributed by atoms with Gasteiger partial charge in [0, 0.05) is 26.7 Å². The van der Waals surface area contributed by atoms with Crippen LogP contribution >= 0.6 is 34.8 Å². The standard InChI is InChI=1S/C19H16Cl3N/c1-10-7-12(21)8-16-13-3-2-4-14(13)19(23-18(10)16)15-6-5-11(20)9-17(15)22/h2-3,5-9,13-14,19,23H,4H2,1H3/t13-,14+,19+/m1/s1. The van der Waals surface area contributed by atoms with Gasteiger partial charge in [-0.25, -0.2) is 0 Å². The van der Waals surface area contributed by atoms with Gasteiger partial charge < -0.3 is 5.32 Å². The summed E-state index contributed by atoms with van der Waals surface area (Å²) in [7, 11) is 0. The van der Waals surface area contributed by atoms with E-state index < -0.39 is 0 Å². The van der Waals surface area contributed by atoms with Crippen molar-refractivity contribution in [3.63, 3.8) is 0 Å². The first-order valence-corrected chi connectivity index (χ1v) is 8.86. The molecule has 0 radical (unpaired) electrons. The Morgan fingerprint density at radius 3 is 2.61 bits per heavy atom. The van der Waals surface area contributed by atoms with Gasteiger partial charge in [0.05, 0.1) is 6.04 Å². The maximum atomic E-state index is 6.48. The van der Waals surface area contributed by atoms with E-state index in [9.17, 15) is 0 Å². The number of aryl methyl sites for hydroxylation is 1. The second-order valence-corrected chi connectivity index (χ2v) is 7.61. The molecule has 1 heterocycles. The summed E-state index contributed by atoms with van der Waals surface area (Å²) in [6.07, 6.45) is 5.60. The smallest absolute Gasteiger partial charge is 0.0568 e. The maximum Gasteiger partial charge on any atom is 0.0568 e. The number of anilines is 1. The molecule has 4 rings (SSSR count). The molecule has 0 amide bonds.